The smallest absolute Gasteiger partial charge is 0.125 e. The molecule has 0 aliphatic carbocycles. The minimum atomic E-state index is 0.0600. The number of thioether (sulfide) groups is 2. The zero-order chi connectivity index (χ0) is 13.1. The topological polar surface area (TPSA) is 17.1 Å². The zero-order valence-electron chi connectivity index (χ0n) is 10.4. The molecule has 1 aliphatic heterocycles. The van der Waals surface area contributed by atoms with Crippen LogP contribution in [0, 0.1) is 5.92 Å². The van der Waals surface area contributed by atoms with Gasteiger partial charge in [-0.1, -0.05) is 42.5 Å². The third-order valence-corrected chi connectivity index (χ3v) is 6.26. The average Bonchev–Trinajstić information content (AvgIpc) is 2.89. The van der Waals surface area contributed by atoms with Crippen LogP contribution in [-0.2, 0) is 11.2 Å². The van der Waals surface area contributed by atoms with Crippen molar-refractivity contribution in [2.75, 3.05) is 0 Å². The number of benzene rings is 2. The van der Waals surface area contributed by atoms with E-state index >= 15 is 0 Å². The van der Waals surface area contributed by atoms with Crippen molar-refractivity contribution < 1.29 is 4.79 Å². The fraction of sp³-hybridized carbons (Fsp3) is 0.188. The summed E-state index contributed by atoms with van der Waals surface area (Å²) in [6.07, 6.45) is 1.94. The zero-order valence-corrected chi connectivity index (χ0v) is 12.0. The van der Waals surface area contributed by atoms with Crippen LogP contribution in [0.2, 0.25) is 0 Å². The van der Waals surface area contributed by atoms with E-state index in [1.807, 2.05) is 41.7 Å². The second kappa shape index (κ2) is 5.85. The summed E-state index contributed by atoms with van der Waals surface area (Å²) >= 11 is 3.64. The second-order valence-electron chi connectivity index (χ2n) is 4.54. The highest BCUT2D eigenvalue weighted by molar-refractivity contribution is 8.19. The molecule has 0 fully saturated rings. The number of fused-ring (bicyclic) bond motifs is 1. The van der Waals surface area contributed by atoms with Gasteiger partial charge in [-0.3, -0.25) is 0 Å². The van der Waals surface area contributed by atoms with Crippen LogP contribution in [0.3, 0.4) is 0 Å². The first kappa shape index (κ1) is 12.8. The number of hydrogen-bond donors (Lipinski definition) is 0. The van der Waals surface area contributed by atoms with Gasteiger partial charge < -0.3 is 4.79 Å². The molecule has 1 atom stereocenters. The van der Waals surface area contributed by atoms with Crippen LogP contribution >= 0.6 is 23.5 Å². The molecule has 0 unspecified atom stereocenters. The van der Waals surface area contributed by atoms with Crippen LogP contribution in [0.1, 0.15) is 5.56 Å². The van der Waals surface area contributed by atoms with Crippen molar-refractivity contribution in [1.29, 1.82) is 0 Å². The van der Waals surface area contributed by atoms with Crippen LogP contribution in [0.25, 0.3) is 0 Å². The highest BCUT2D eigenvalue weighted by atomic mass is 32.2. The summed E-state index contributed by atoms with van der Waals surface area (Å²) < 4.78 is 0.301. The van der Waals surface area contributed by atoms with Crippen molar-refractivity contribution in [2.24, 2.45) is 5.92 Å². The van der Waals surface area contributed by atoms with Gasteiger partial charge in [0.15, 0.2) is 0 Å². The maximum atomic E-state index is 11.4. The molecule has 3 heteroatoms. The Balaban J connectivity index is 1.73. The van der Waals surface area contributed by atoms with Crippen molar-refractivity contribution in [3.05, 3.63) is 60.2 Å². The predicted molar refractivity (Wildman–Crippen MR) is 81.6 cm³/mol. The molecule has 0 aromatic heterocycles. The largest absolute Gasteiger partial charge is 0.303 e. The molecular formula is C16H14OS2. The van der Waals surface area contributed by atoms with E-state index in [1.54, 1.807) is 0 Å². The lowest BCUT2D eigenvalue weighted by molar-refractivity contribution is -0.110. The summed E-state index contributed by atoms with van der Waals surface area (Å²) in [6, 6.07) is 18.6. The molecule has 0 bridgehead atoms. The Labute approximate surface area is 121 Å². The van der Waals surface area contributed by atoms with Crippen molar-refractivity contribution in [2.45, 2.75) is 20.8 Å². The second-order valence-corrected chi connectivity index (χ2v) is 7.21. The predicted octanol–water partition coefficient (Wildman–Crippen LogP) is 4.27. The molecule has 0 radical (unpaired) electrons. The van der Waals surface area contributed by atoms with Crippen molar-refractivity contribution >= 4 is 29.8 Å². The molecule has 2 aromatic carbocycles. The first-order chi connectivity index (χ1) is 9.36. The Morgan fingerprint density at radius 1 is 0.947 bits per heavy atom. The van der Waals surface area contributed by atoms with Crippen LogP contribution in [0.5, 0.6) is 0 Å². The van der Waals surface area contributed by atoms with Gasteiger partial charge in [0, 0.05) is 15.7 Å². The van der Waals surface area contributed by atoms with E-state index in [9.17, 15) is 4.79 Å². The lowest BCUT2D eigenvalue weighted by Gasteiger charge is -2.16. The first-order valence-corrected chi connectivity index (χ1v) is 8.04. The van der Waals surface area contributed by atoms with Gasteiger partial charge in [0.2, 0.25) is 0 Å². The van der Waals surface area contributed by atoms with Crippen LogP contribution in [0.15, 0.2) is 64.4 Å². The number of aldehydes is 1. The van der Waals surface area contributed by atoms with Gasteiger partial charge in [-0.05, 0) is 24.1 Å². The molecule has 0 spiro atoms. The van der Waals surface area contributed by atoms with Gasteiger partial charge in [-0.15, -0.1) is 23.5 Å². The molecule has 19 heavy (non-hydrogen) atoms. The van der Waals surface area contributed by atoms with Gasteiger partial charge in [-0.2, -0.15) is 0 Å². The van der Waals surface area contributed by atoms with E-state index in [-0.39, 0.29) is 5.92 Å². The van der Waals surface area contributed by atoms with Gasteiger partial charge in [0.25, 0.3) is 0 Å². The number of hydrogen-bond acceptors (Lipinski definition) is 3. The fourth-order valence-electron chi connectivity index (χ4n) is 2.19. The molecule has 0 amide bonds. The molecule has 1 aliphatic rings. The quantitative estimate of drug-likeness (QED) is 0.781. The molecule has 96 valence electrons. The van der Waals surface area contributed by atoms with E-state index in [4.69, 9.17) is 0 Å². The van der Waals surface area contributed by atoms with Crippen LogP contribution < -0.4 is 0 Å². The lowest BCUT2D eigenvalue weighted by atomic mass is 10.0. The maximum Gasteiger partial charge on any atom is 0.125 e. The molecule has 0 saturated heterocycles. The van der Waals surface area contributed by atoms with Gasteiger partial charge in [-0.25, -0.2) is 0 Å². The number of rotatable bonds is 4. The monoisotopic (exact) mass is 286 g/mol. The first-order valence-electron chi connectivity index (χ1n) is 6.28. The van der Waals surface area contributed by atoms with Crippen LogP contribution in [0.4, 0.5) is 0 Å². The third-order valence-electron chi connectivity index (χ3n) is 3.17. The van der Waals surface area contributed by atoms with Gasteiger partial charge in [0.05, 0.1) is 4.58 Å². The lowest BCUT2D eigenvalue weighted by Crippen LogP contribution is -2.16. The van der Waals surface area contributed by atoms with E-state index < -0.39 is 0 Å². The van der Waals surface area contributed by atoms with Crippen LogP contribution in [-0.4, -0.2) is 10.9 Å². The van der Waals surface area contributed by atoms with Gasteiger partial charge >= 0.3 is 0 Å². The molecule has 0 N–H and O–H groups in total. The normalized spacial score (nSPS) is 16.0. The molecule has 2 aromatic rings. The molecular weight excluding hydrogens is 272 g/mol. The maximum absolute atomic E-state index is 11.4. The Morgan fingerprint density at radius 3 is 2.11 bits per heavy atom. The standard InChI is InChI=1S/C16H14OS2/c17-11-13(10-12-6-2-1-3-7-12)16-18-14-8-4-5-9-15(14)19-16/h1-9,11,13,16H,10H2/t13-/m0/s1. The van der Waals surface area contributed by atoms with Crippen molar-refractivity contribution in [3.63, 3.8) is 0 Å². The molecule has 3 rings (SSSR count). The summed E-state index contributed by atoms with van der Waals surface area (Å²) in [7, 11) is 0. The minimum absolute atomic E-state index is 0.0600. The minimum Gasteiger partial charge on any atom is -0.303 e. The third kappa shape index (κ3) is 2.88. The highest BCUT2D eigenvalue weighted by Gasteiger charge is 2.30. The summed E-state index contributed by atoms with van der Waals surface area (Å²) in [5.74, 6) is 0.0600. The van der Waals surface area contributed by atoms with E-state index in [0.29, 0.717) is 4.58 Å². The Morgan fingerprint density at radius 2 is 1.53 bits per heavy atom. The Kier molecular flexibility index (Phi) is 3.95. The SMILES string of the molecule is O=C[C@H](Cc1ccccc1)C1Sc2ccccc2S1. The Hall–Kier alpha value is -1.19. The average molecular weight is 286 g/mol. The van der Waals surface area contributed by atoms with E-state index in [1.165, 1.54) is 15.4 Å². The van der Waals surface area contributed by atoms with E-state index in [2.05, 4.69) is 36.4 Å². The van der Waals surface area contributed by atoms with Crippen molar-refractivity contribution in [1.82, 2.24) is 0 Å². The summed E-state index contributed by atoms with van der Waals surface area (Å²) in [4.78, 5) is 14.0. The van der Waals surface area contributed by atoms with Crippen molar-refractivity contribution in [3.8, 4) is 0 Å². The number of carbonyl (C=O) groups is 1. The molecule has 1 nitrogen and oxygen atoms in total. The molecule has 1 heterocycles. The summed E-state index contributed by atoms with van der Waals surface area (Å²) in [6.45, 7) is 0. The van der Waals surface area contributed by atoms with E-state index in [0.717, 1.165) is 12.7 Å². The molecule has 0 saturated carbocycles. The fourth-order valence-corrected chi connectivity index (χ4v) is 5.15. The number of carbonyl (C=O) groups excluding carboxylic acids is 1. The van der Waals surface area contributed by atoms with Gasteiger partial charge in [0.1, 0.15) is 6.29 Å². The Bertz CT molecular complexity index is 543. The summed E-state index contributed by atoms with van der Waals surface area (Å²) in [5.41, 5.74) is 1.23. The summed E-state index contributed by atoms with van der Waals surface area (Å²) in [5, 5.41) is 0. The highest BCUT2D eigenvalue weighted by Crippen LogP contribution is 2.50.